The van der Waals surface area contributed by atoms with E-state index in [9.17, 15) is 0 Å². The van der Waals surface area contributed by atoms with E-state index in [0.29, 0.717) is 0 Å². The molecular weight excluding hydrogens is 229 g/mol. The molecule has 2 N–H and O–H groups in total. The number of hydrogen-bond acceptors (Lipinski definition) is 3. The standard InChI is InChI=1S/C13H13BNOS/c1-17-11-8-6-10(7-9-11)12-4-2-3-5-13(12)15-14-16/h2-9,15-16H,1H3. The van der Waals surface area contributed by atoms with Gasteiger partial charge in [-0.2, -0.15) is 0 Å². The molecule has 2 nitrogen and oxygen atoms in total. The van der Waals surface area contributed by atoms with E-state index in [1.807, 2.05) is 24.3 Å². The summed E-state index contributed by atoms with van der Waals surface area (Å²) < 4.78 is 0. The Bertz CT molecular complexity index is 487. The van der Waals surface area contributed by atoms with E-state index in [1.54, 1.807) is 11.8 Å². The van der Waals surface area contributed by atoms with Crippen molar-refractivity contribution in [3.05, 3.63) is 48.5 Å². The maximum Gasteiger partial charge on any atom is 0.433 e. The molecule has 85 valence electrons. The van der Waals surface area contributed by atoms with Crippen LogP contribution in [0.3, 0.4) is 0 Å². The number of para-hydroxylation sites is 1. The van der Waals surface area contributed by atoms with Crippen molar-refractivity contribution in [2.75, 3.05) is 11.5 Å². The van der Waals surface area contributed by atoms with Gasteiger partial charge in [-0.25, -0.2) is 0 Å². The summed E-state index contributed by atoms with van der Waals surface area (Å²) in [6.07, 6.45) is 2.06. The first-order valence-electron chi connectivity index (χ1n) is 5.31. The van der Waals surface area contributed by atoms with Gasteiger partial charge >= 0.3 is 7.62 Å². The normalized spacial score (nSPS) is 10.0. The minimum atomic E-state index is 0.895. The van der Waals surface area contributed by atoms with E-state index in [1.165, 1.54) is 4.90 Å². The maximum atomic E-state index is 8.83. The lowest BCUT2D eigenvalue weighted by Crippen LogP contribution is -2.05. The summed E-state index contributed by atoms with van der Waals surface area (Å²) in [6.45, 7) is 0. The van der Waals surface area contributed by atoms with Gasteiger partial charge in [0.25, 0.3) is 0 Å². The molecular formula is C13H13BNOS. The van der Waals surface area contributed by atoms with Gasteiger partial charge in [-0.05, 0) is 30.0 Å². The Hall–Kier alpha value is -1.39. The second-order valence-corrected chi connectivity index (χ2v) is 4.43. The molecule has 0 amide bonds. The highest BCUT2D eigenvalue weighted by atomic mass is 32.2. The molecule has 0 spiro atoms. The van der Waals surface area contributed by atoms with Gasteiger partial charge < -0.3 is 10.3 Å². The Morgan fingerprint density at radius 3 is 2.41 bits per heavy atom. The van der Waals surface area contributed by atoms with Gasteiger partial charge in [-0.15, -0.1) is 11.8 Å². The van der Waals surface area contributed by atoms with Crippen molar-refractivity contribution in [1.29, 1.82) is 0 Å². The van der Waals surface area contributed by atoms with Gasteiger partial charge in [0.2, 0.25) is 0 Å². The molecule has 0 heterocycles. The summed E-state index contributed by atoms with van der Waals surface area (Å²) in [5.74, 6) is 0. The third kappa shape index (κ3) is 2.84. The van der Waals surface area contributed by atoms with E-state index in [2.05, 4.69) is 35.7 Å². The molecule has 2 aromatic carbocycles. The topological polar surface area (TPSA) is 32.3 Å². The van der Waals surface area contributed by atoms with Crippen LogP contribution in [0.2, 0.25) is 0 Å². The summed E-state index contributed by atoms with van der Waals surface area (Å²) in [5.41, 5.74) is 3.10. The quantitative estimate of drug-likeness (QED) is 0.638. The monoisotopic (exact) mass is 242 g/mol. The zero-order chi connectivity index (χ0) is 12.1. The molecule has 0 bridgehead atoms. The second kappa shape index (κ2) is 5.80. The number of nitrogens with one attached hydrogen (secondary N) is 1. The van der Waals surface area contributed by atoms with E-state index < -0.39 is 0 Å². The summed E-state index contributed by atoms with van der Waals surface area (Å²) in [5, 5.41) is 11.7. The summed E-state index contributed by atoms with van der Waals surface area (Å²) in [7, 11) is 0.953. The largest absolute Gasteiger partial charge is 0.435 e. The Balaban J connectivity index is 2.37. The smallest absolute Gasteiger partial charge is 0.433 e. The van der Waals surface area contributed by atoms with Crippen LogP contribution in [0, 0.1) is 0 Å². The van der Waals surface area contributed by atoms with Crippen LogP contribution in [0.25, 0.3) is 11.1 Å². The minimum Gasteiger partial charge on any atom is -0.435 e. The van der Waals surface area contributed by atoms with E-state index in [-0.39, 0.29) is 0 Å². The first-order valence-corrected chi connectivity index (χ1v) is 6.53. The van der Waals surface area contributed by atoms with Crippen LogP contribution in [0.1, 0.15) is 0 Å². The van der Waals surface area contributed by atoms with Crippen LogP contribution in [0.15, 0.2) is 53.4 Å². The van der Waals surface area contributed by atoms with Crippen molar-refractivity contribution in [3.63, 3.8) is 0 Å². The molecule has 0 saturated heterocycles. The van der Waals surface area contributed by atoms with Gasteiger partial charge in [0.05, 0.1) is 0 Å². The third-order valence-corrected chi connectivity index (χ3v) is 3.29. The molecule has 0 aliphatic rings. The molecule has 2 rings (SSSR count). The van der Waals surface area contributed by atoms with E-state index in [4.69, 9.17) is 5.02 Å². The fraction of sp³-hybridized carbons (Fsp3) is 0.0769. The number of hydrogen-bond donors (Lipinski definition) is 2. The van der Waals surface area contributed by atoms with Crippen LogP contribution in [0.5, 0.6) is 0 Å². The summed E-state index contributed by atoms with van der Waals surface area (Å²) >= 11 is 1.73. The maximum absolute atomic E-state index is 8.83. The zero-order valence-corrected chi connectivity index (χ0v) is 10.4. The number of anilines is 1. The van der Waals surface area contributed by atoms with Crippen molar-refractivity contribution in [1.82, 2.24) is 0 Å². The molecule has 0 saturated carbocycles. The molecule has 0 unspecified atom stereocenters. The Morgan fingerprint density at radius 2 is 1.76 bits per heavy atom. The lowest BCUT2D eigenvalue weighted by Gasteiger charge is -2.10. The summed E-state index contributed by atoms with van der Waals surface area (Å²) in [4.78, 5) is 1.24. The van der Waals surface area contributed by atoms with Gasteiger partial charge in [-0.3, -0.25) is 0 Å². The van der Waals surface area contributed by atoms with Gasteiger partial charge in [0, 0.05) is 16.1 Å². The molecule has 0 atom stereocenters. The number of rotatable bonds is 4. The Morgan fingerprint density at radius 1 is 1.06 bits per heavy atom. The van der Waals surface area contributed by atoms with Gasteiger partial charge in [0.1, 0.15) is 0 Å². The fourth-order valence-corrected chi connectivity index (χ4v) is 2.11. The lowest BCUT2D eigenvalue weighted by molar-refractivity contribution is 0.609. The van der Waals surface area contributed by atoms with Crippen molar-refractivity contribution in [2.24, 2.45) is 0 Å². The highest BCUT2D eigenvalue weighted by molar-refractivity contribution is 7.98. The van der Waals surface area contributed by atoms with E-state index in [0.717, 1.165) is 24.4 Å². The minimum absolute atomic E-state index is 0.895. The predicted molar refractivity (Wildman–Crippen MR) is 75.3 cm³/mol. The molecule has 1 radical (unpaired) electrons. The second-order valence-electron chi connectivity index (χ2n) is 3.55. The molecule has 2 aromatic rings. The van der Waals surface area contributed by atoms with E-state index >= 15 is 0 Å². The SMILES string of the molecule is CSc1ccc(-c2ccccc2N[B]O)cc1. The number of thioether (sulfide) groups is 1. The molecule has 0 fully saturated rings. The van der Waals surface area contributed by atoms with Crippen molar-refractivity contribution < 1.29 is 5.02 Å². The molecule has 4 heteroatoms. The van der Waals surface area contributed by atoms with Crippen LogP contribution in [0.4, 0.5) is 5.69 Å². The molecule has 17 heavy (non-hydrogen) atoms. The first kappa shape index (κ1) is 12.1. The zero-order valence-electron chi connectivity index (χ0n) is 9.55. The average molecular weight is 242 g/mol. The van der Waals surface area contributed by atoms with Crippen LogP contribution >= 0.6 is 11.8 Å². The molecule has 0 aliphatic heterocycles. The molecule has 0 aliphatic carbocycles. The Kier molecular flexibility index (Phi) is 4.12. The Labute approximate surface area is 106 Å². The number of benzene rings is 2. The average Bonchev–Trinajstić information content (AvgIpc) is 2.40. The highest BCUT2D eigenvalue weighted by Crippen LogP contribution is 2.28. The van der Waals surface area contributed by atoms with Crippen molar-refractivity contribution in [3.8, 4) is 11.1 Å². The first-order chi connectivity index (χ1) is 8.35. The fourth-order valence-electron chi connectivity index (χ4n) is 1.70. The van der Waals surface area contributed by atoms with Gasteiger partial charge in [-0.1, -0.05) is 30.3 Å². The van der Waals surface area contributed by atoms with Crippen LogP contribution in [-0.2, 0) is 0 Å². The predicted octanol–water partition coefficient (Wildman–Crippen LogP) is 3.01. The highest BCUT2D eigenvalue weighted by Gasteiger charge is 2.03. The van der Waals surface area contributed by atoms with Crippen molar-refractivity contribution >= 4 is 25.1 Å². The third-order valence-electron chi connectivity index (χ3n) is 2.55. The summed E-state index contributed by atoms with van der Waals surface area (Å²) in [6, 6.07) is 16.3. The van der Waals surface area contributed by atoms with Crippen LogP contribution < -0.4 is 5.23 Å². The van der Waals surface area contributed by atoms with Gasteiger partial charge in [0.15, 0.2) is 0 Å². The molecule has 0 aromatic heterocycles. The van der Waals surface area contributed by atoms with Crippen LogP contribution in [-0.4, -0.2) is 18.9 Å². The van der Waals surface area contributed by atoms with Crippen molar-refractivity contribution in [2.45, 2.75) is 4.90 Å². The lowest BCUT2D eigenvalue weighted by atomic mass is 10.0.